The van der Waals surface area contributed by atoms with Gasteiger partial charge in [0, 0.05) is 29.1 Å². The molecule has 4 aromatic rings. The fourth-order valence-electron chi connectivity index (χ4n) is 3.24. The van der Waals surface area contributed by atoms with Gasteiger partial charge < -0.3 is 8.98 Å². The van der Waals surface area contributed by atoms with Gasteiger partial charge >= 0.3 is 0 Å². The Kier molecular flexibility index (Phi) is 4.60. The molecule has 8 nitrogen and oxygen atoms in total. The molecule has 0 atom stereocenters. The van der Waals surface area contributed by atoms with Gasteiger partial charge in [-0.05, 0) is 58.1 Å². The number of hydrogen-bond acceptors (Lipinski definition) is 5. The van der Waals surface area contributed by atoms with E-state index in [1.165, 1.54) is 0 Å². The molecule has 4 aromatic heterocycles. The molecule has 0 spiro atoms. The fraction of sp³-hybridized carbons (Fsp3) is 0.263. The van der Waals surface area contributed by atoms with Gasteiger partial charge in [0.25, 0.3) is 0 Å². The maximum absolute atomic E-state index is 5.42. The molecule has 0 aliphatic heterocycles. The molecular formula is C19H21N7OS. The van der Waals surface area contributed by atoms with Crippen molar-refractivity contribution in [2.24, 2.45) is 5.10 Å². The van der Waals surface area contributed by atoms with Crippen molar-refractivity contribution < 1.29 is 4.42 Å². The van der Waals surface area contributed by atoms with Crippen molar-refractivity contribution in [3.05, 3.63) is 58.4 Å². The maximum Gasteiger partial charge on any atom is 0.219 e. The standard InChI is InChI=1S/C19H21N7OS/c1-12(2)25-17(7-8-20-25)24-13(3)10-15(14(24)4)11-21-26-18(22-23-19(26)28)16-6-5-9-27-16/h5-12H,1-4H3,(H,23,28)/b21-11-. The first kappa shape index (κ1) is 18.2. The molecule has 0 amide bonds. The predicted octanol–water partition coefficient (Wildman–Crippen LogP) is 4.27. The number of aryl methyl sites for hydroxylation is 1. The Morgan fingerprint density at radius 1 is 1.29 bits per heavy atom. The highest BCUT2D eigenvalue weighted by atomic mass is 32.1. The third-order valence-corrected chi connectivity index (χ3v) is 4.81. The third kappa shape index (κ3) is 3.03. The van der Waals surface area contributed by atoms with E-state index in [-0.39, 0.29) is 6.04 Å². The van der Waals surface area contributed by atoms with Crippen molar-refractivity contribution in [1.82, 2.24) is 29.2 Å². The average Bonchev–Trinajstić information content (AvgIpc) is 3.41. The average molecular weight is 395 g/mol. The van der Waals surface area contributed by atoms with Crippen LogP contribution in [-0.4, -0.2) is 35.4 Å². The largest absolute Gasteiger partial charge is 0.461 e. The number of rotatable bonds is 5. The van der Waals surface area contributed by atoms with Crippen LogP contribution in [-0.2, 0) is 0 Å². The normalized spacial score (nSPS) is 11.9. The van der Waals surface area contributed by atoms with Crippen molar-refractivity contribution >= 4 is 18.4 Å². The number of aromatic amines is 1. The highest BCUT2D eigenvalue weighted by Gasteiger charge is 2.15. The summed E-state index contributed by atoms with van der Waals surface area (Å²) in [6, 6.07) is 7.99. The molecule has 9 heteroatoms. The van der Waals surface area contributed by atoms with Crippen LogP contribution >= 0.6 is 12.2 Å². The van der Waals surface area contributed by atoms with Gasteiger partial charge in [0.2, 0.25) is 10.6 Å². The van der Waals surface area contributed by atoms with E-state index in [2.05, 4.69) is 58.7 Å². The number of nitrogens with zero attached hydrogens (tertiary/aromatic N) is 6. The zero-order valence-corrected chi connectivity index (χ0v) is 16.9. The highest BCUT2D eigenvalue weighted by molar-refractivity contribution is 7.71. The van der Waals surface area contributed by atoms with Crippen LogP contribution < -0.4 is 0 Å². The van der Waals surface area contributed by atoms with E-state index in [1.807, 2.05) is 23.0 Å². The van der Waals surface area contributed by atoms with Gasteiger partial charge in [-0.1, -0.05) is 0 Å². The molecule has 28 heavy (non-hydrogen) atoms. The lowest BCUT2D eigenvalue weighted by molar-refractivity contribution is 0.519. The second-order valence-electron chi connectivity index (χ2n) is 6.78. The molecule has 0 aromatic carbocycles. The summed E-state index contributed by atoms with van der Waals surface area (Å²) in [5.74, 6) is 2.15. The van der Waals surface area contributed by atoms with Crippen molar-refractivity contribution in [1.29, 1.82) is 0 Å². The topological polar surface area (TPSA) is 81.9 Å². The number of aromatic nitrogens is 6. The zero-order chi connectivity index (χ0) is 19.8. The SMILES string of the molecule is Cc1cc(/C=N\n2c(-c3ccco3)n[nH]c2=S)c(C)n1-c1ccnn1C(C)C. The summed E-state index contributed by atoms with van der Waals surface area (Å²) < 4.78 is 11.6. The number of furan rings is 1. The first-order valence-corrected chi connectivity index (χ1v) is 9.36. The Labute approximate surface area is 167 Å². The minimum absolute atomic E-state index is 0.267. The predicted molar refractivity (Wildman–Crippen MR) is 110 cm³/mol. The Morgan fingerprint density at radius 3 is 2.82 bits per heavy atom. The molecule has 0 aliphatic carbocycles. The van der Waals surface area contributed by atoms with Crippen LogP contribution in [0.2, 0.25) is 0 Å². The molecule has 0 bridgehead atoms. The van der Waals surface area contributed by atoms with Gasteiger partial charge in [0.15, 0.2) is 5.76 Å². The fourth-order valence-corrected chi connectivity index (χ4v) is 3.42. The van der Waals surface area contributed by atoms with Crippen molar-refractivity contribution in [3.63, 3.8) is 0 Å². The van der Waals surface area contributed by atoms with Crippen molar-refractivity contribution in [2.75, 3.05) is 0 Å². The van der Waals surface area contributed by atoms with Gasteiger partial charge in [0.1, 0.15) is 5.82 Å². The van der Waals surface area contributed by atoms with Gasteiger partial charge in [-0.25, -0.2) is 9.78 Å². The molecule has 0 fully saturated rings. The van der Waals surface area contributed by atoms with Crippen molar-refractivity contribution in [2.45, 2.75) is 33.7 Å². The molecule has 0 unspecified atom stereocenters. The summed E-state index contributed by atoms with van der Waals surface area (Å²) in [6.45, 7) is 8.36. The summed E-state index contributed by atoms with van der Waals surface area (Å²) in [6.07, 6.45) is 5.20. The van der Waals surface area contributed by atoms with Crippen LogP contribution in [0.25, 0.3) is 17.4 Å². The molecule has 144 valence electrons. The number of hydrogen-bond donors (Lipinski definition) is 1. The number of nitrogens with one attached hydrogen (secondary N) is 1. The van der Waals surface area contributed by atoms with Crippen LogP contribution in [0.1, 0.15) is 36.8 Å². The van der Waals surface area contributed by atoms with E-state index in [0.717, 1.165) is 22.8 Å². The lowest BCUT2D eigenvalue weighted by atomic mass is 10.3. The van der Waals surface area contributed by atoms with Crippen LogP contribution in [0.3, 0.4) is 0 Å². The maximum atomic E-state index is 5.42. The Balaban J connectivity index is 1.74. The number of H-pyrrole nitrogens is 1. The van der Waals surface area contributed by atoms with Crippen LogP contribution in [0.15, 0.2) is 46.2 Å². The van der Waals surface area contributed by atoms with Crippen LogP contribution in [0, 0.1) is 18.6 Å². The lowest BCUT2D eigenvalue weighted by Gasteiger charge is -2.14. The van der Waals surface area contributed by atoms with Crippen LogP contribution in [0.4, 0.5) is 0 Å². The van der Waals surface area contributed by atoms with E-state index in [9.17, 15) is 0 Å². The first-order chi connectivity index (χ1) is 13.5. The van der Waals surface area contributed by atoms with E-state index in [0.29, 0.717) is 16.4 Å². The van der Waals surface area contributed by atoms with E-state index in [4.69, 9.17) is 16.6 Å². The Bertz CT molecular complexity index is 1190. The quantitative estimate of drug-likeness (QED) is 0.404. The summed E-state index contributed by atoms with van der Waals surface area (Å²) in [5.41, 5.74) is 3.16. The first-order valence-electron chi connectivity index (χ1n) is 8.96. The van der Waals surface area contributed by atoms with E-state index >= 15 is 0 Å². The van der Waals surface area contributed by atoms with E-state index in [1.54, 1.807) is 23.2 Å². The van der Waals surface area contributed by atoms with Crippen molar-refractivity contribution in [3.8, 4) is 17.4 Å². The monoisotopic (exact) mass is 395 g/mol. The summed E-state index contributed by atoms with van der Waals surface area (Å²) >= 11 is 5.31. The molecule has 4 rings (SSSR count). The zero-order valence-electron chi connectivity index (χ0n) is 16.1. The van der Waals surface area contributed by atoms with Gasteiger partial charge in [-0.15, -0.1) is 5.10 Å². The molecule has 0 aliphatic rings. The molecular weight excluding hydrogens is 374 g/mol. The van der Waals surface area contributed by atoms with Gasteiger partial charge in [-0.2, -0.15) is 14.9 Å². The smallest absolute Gasteiger partial charge is 0.219 e. The van der Waals surface area contributed by atoms with Gasteiger partial charge in [0.05, 0.1) is 18.7 Å². The molecule has 4 heterocycles. The summed E-state index contributed by atoms with van der Waals surface area (Å²) in [7, 11) is 0. The molecule has 0 saturated carbocycles. The van der Waals surface area contributed by atoms with Crippen LogP contribution in [0.5, 0.6) is 0 Å². The van der Waals surface area contributed by atoms with E-state index < -0.39 is 0 Å². The van der Waals surface area contributed by atoms with Gasteiger partial charge in [-0.3, -0.25) is 0 Å². The Hall–Kier alpha value is -3.20. The minimum Gasteiger partial charge on any atom is -0.461 e. The molecule has 0 saturated heterocycles. The molecule has 1 N–H and O–H groups in total. The third-order valence-electron chi connectivity index (χ3n) is 4.54. The highest BCUT2D eigenvalue weighted by Crippen LogP contribution is 2.22. The Morgan fingerprint density at radius 2 is 2.11 bits per heavy atom. The summed E-state index contributed by atoms with van der Waals surface area (Å²) in [5, 5.41) is 16.0. The lowest BCUT2D eigenvalue weighted by Crippen LogP contribution is -2.11. The minimum atomic E-state index is 0.267. The summed E-state index contributed by atoms with van der Waals surface area (Å²) in [4.78, 5) is 0. The molecule has 0 radical (unpaired) electrons. The second-order valence-corrected chi connectivity index (χ2v) is 7.16. The second kappa shape index (κ2) is 7.08.